The zero-order valence-corrected chi connectivity index (χ0v) is 18.0. The Balaban J connectivity index is 1.49. The van der Waals surface area contributed by atoms with Gasteiger partial charge in [-0.2, -0.15) is 13.2 Å². The summed E-state index contributed by atoms with van der Waals surface area (Å²) in [5.74, 6) is -1.03. The molecule has 33 heavy (non-hydrogen) atoms. The molecule has 11 heteroatoms. The van der Waals surface area contributed by atoms with Gasteiger partial charge < -0.3 is 9.80 Å². The summed E-state index contributed by atoms with van der Waals surface area (Å²) in [6, 6.07) is 13.3. The Morgan fingerprint density at radius 2 is 1.70 bits per heavy atom. The van der Waals surface area contributed by atoms with Crippen molar-refractivity contribution in [3.63, 3.8) is 0 Å². The molecule has 1 fully saturated rings. The lowest BCUT2D eigenvalue weighted by Crippen LogP contribution is -2.62. The van der Waals surface area contributed by atoms with Gasteiger partial charge in [0.15, 0.2) is 0 Å². The predicted octanol–water partition coefficient (Wildman–Crippen LogP) is 3.06. The Labute approximate surface area is 187 Å². The second kappa shape index (κ2) is 8.30. The molecule has 2 aromatic carbocycles. The number of amides is 2. The molecule has 1 aromatic heterocycles. The number of piperazine rings is 1. The molecule has 1 saturated heterocycles. The molecule has 3 aromatic rings. The number of hydrogen-bond donors (Lipinski definition) is 0. The van der Waals surface area contributed by atoms with Gasteiger partial charge in [-0.15, -0.1) is 15.0 Å². The molecule has 8 nitrogen and oxygen atoms in total. The number of carbonyl (C=O) groups is 2. The van der Waals surface area contributed by atoms with Crippen LogP contribution >= 0.6 is 0 Å². The number of rotatable bonds is 3. The van der Waals surface area contributed by atoms with Crippen molar-refractivity contribution in [3.05, 3.63) is 71.5 Å². The Bertz CT molecular complexity index is 1180. The van der Waals surface area contributed by atoms with Gasteiger partial charge in [0.05, 0.1) is 16.8 Å². The van der Waals surface area contributed by atoms with Gasteiger partial charge in [0.1, 0.15) is 0 Å². The van der Waals surface area contributed by atoms with Crippen LogP contribution in [0.4, 0.5) is 13.2 Å². The van der Waals surface area contributed by atoms with E-state index in [-0.39, 0.29) is 31.0 Å². The number of tetrazole rings is 1. The molecule has 0 atom stereocenters. The summed E-state index contributed by atoms with van der Waals surface area (Å²) in [7, 11) is 0. The van der Waals surface area contributed by atoms with Gasteiger partial charge in [0.2, 0.25) is 0 Å². The molecule has 0 spiro atoms. The maximum absolute atomic E-state index is 13.1. The minimum atomic E-state index is -4.54. The number of aromatic nitrogens is 4. The molecule has 172 valence electrons. The second-order valence-corrected chi connectivity index (χ2v) is 8.31. The molecule has 4 rings (SSSR count). The van der Waals surface area contributed by atoms with E-state index in [4.69, 9.17) is 0 Å². The average Bonchev–Trinajstić information content (AvgIpc) is 3.28. The normalized spacial score (nSPS) is 16.0. The van der Waals surface area contributed by atoms with E-state index in [9.17, 15) is 22.8 Å². The van der Waals surface area contributed by atoms with Gasteiger partial charge in [-0.1, -0.05) is 24.3 Å². The number of para-hydroxylation sites is 1. The molecular weight excluding hydrogens is 437 g/mol. The molecule has 1 aliphatic rings. The third-order valence-electron chi connectivity index (χ3n) is 5.46. The lowest BCUT2D eigenvalue weighted by Gasteiger charge is -2.46. The summed E-state index contributed by atoms with van der Waals surface area (Å²) in [6.07, 6.45) is -4.54. The highest BCUT2D eigenvalue weighted by atomic mass is 19.4. The fourth-order valence-electron chi connectivity index (χ4n) is 3.81. The zero-order chi connectivity index (χ0) is 23.8. The molecule has 0 aliphatic carbocycles. The number of alkyl halides is 3. The van der Waals surface area contributed by atoms with E-state index in [2.05, 4.69) is 15.4 Å². The van der Waals surface area contributed by atoms with Crippen molar-refractivity contribution in [2.24, 2.45) is 0 Å². The number of halogens is 3. The number of carbonyl (C=O) groups excluding carboxylic acids is 2. The van der Waals surface area contributed by atoms with Crippen LogP contribution in [0.5, 0.6) is 0 Å². The van der Waals surface area contributed by atoms with E-state index >= 15 is 0 Å². The van der Waals surface area contributed by atoms with Crippen LogP contribution in [0.25, 0.3) is 5.69 Å². The summed E-state index contributed by atoms with van der Waals surface area (Å²) < 4.78 is 39.1. The van der Waals surface area contributed by atoms with E-state index in [0.717, 1.165) is 12.1 Å². The van der Waals surface area contributed by atoms with Crippen molar-refractivity contribution >= 4 is 11.8 Å². The van der Waals surface area contributed by atoms with Crippen LogP contribution in [0.1, 0.15) is 40.4 Å². The Hall–Kier alpha value is -3.76. The van der Waals surface area contributed by atoms with Crippen LogP contribution in [0, 0.1) is 0 Å². The lowest BCUT2D eigenvalue weighted by atomic mass is 9.97. The molecular formula is C22H21F3N6O2. The third-order valence-corrected chi connectivity index (χ3v) is 5.46. The average molecular weight is 458 g/mol. The summed E-state index contributed by atoms with van der Waals surface area (Å²) >= 11 is 0. The Morgan fingerprint density at radius 3 is 2.36 bits per heavy atom. The third kappa shape index (κ3) is 4.57. The minimum absolute atomic E-state index is 0.0483. The van der Waals surface area contributed by atoms with Gasteiger partial charge in [-0.25, -0.2) is 0 Å². The van der Waals surface area contributed by atoms with Gasteiger partial charge in [-0.3, -0.25) is 9.59 Å². The van der Waals surface area contributed by atoms with Crippen LogP contribution in [-0.2, 0) is 6.18 Å². The highest BCUT2D eigenvalue weighted by Crippen LogP contribution is 2.30. The van der Waals surface area contributed by atoms with E-state index in [1.807, 2.05) is 18.2 Å². The van der Waals surface area contributed by atoms with Crippen molar-refractivity contribution < 1.29 is 22.8 Å². The van der Waals surface area contributed by atoms with Crippen molar-refractivity contribution in [1.82, 2.24) is 30.0 Å². The van der Waals surface area contributed by atoms with Crippen LogP contribution < -0.4 is 0 Å². The van der Waals surface area contributed by atoms with Gasteiger partial charge in [0.25, 0.3) is 17.6 Å². The molecule has 2 amide bonds. The summed E-state index contributed by atoms with van der Waals surface area (Å²) in [5.41, 5.74) is -1.08. The summed E-state index contributed by atoms with van der Waals surface area (Å²) in [5, 5.41) is 12.0. The summed E-state index contributed by atoms with van der Waals surface area (Å²) in [4.78, 5) is 30.2. The summed E-state index contributed by atoms with van der Waals surface area (Å²) in [6.45, 7) is 4.03. The molecule has 0 unspecified atom stereocenters. The van der Waals surface area contributed by atoms with Crippen molar-refractivity contribution in [1.29, 1.82) is 0 Å². The molecule has 0 saturated carbocycles. The molecule has 1 aliphatic heterocycles. The number of benzene rings is 2. The minimum Gasteiger partial charge on any atom is -0.335 e. The Morgan fingerprint density at radius 1 is 0.970 bits per heavy atom. The van der Waals surface area contributed by atoms with E-state index in [1.165, 1.54) is 21.8 Å². The molecule has 0 bridgehead atoms. The monoisotopic (exact) mass is 458 g/mol. The van der Waals surface area contributed by atoms with Gasteiger partial charge in [0, 0.05) is 25.2 Å². The molecule has 0 radical (unpaired) electrons. The fourth-order valence-corrected chi connectivity index (χ4v) is 3.81. The van der Waals surface area contributed by atoms with Crippen LogP contribution in [-0.4, -0.2) is 67.0 Å². The van der Waals surface area contributed by atoms with Crippen LogP contribution in [0.15, 0.2) is 54.6 Å². The standard InChI is InChI=1S/C22H21F3N6O2/c1-21(2)14-29(19(32)15-7-6-8-16(13-15)22(23,24)25)11-12-30(21)20(33)18-26-28-31(27-18)17-9-4-3-5-10-17/h3-10,13H,11-12,14H2,1-2H3. The smallest absolute Gasteiger partial charge is 0.335 e. The topological polar surface area (TPSA) is 84.2 Å². The van der Waals surface area contributed by atoms with E-state index < -0.39 is 29.1 Å². The quantitative estimate of drug-likeness (QED) is 0.603. The second-order valence-electron chi connectivity index (χ2n) is 8.31. The highest BCUT2D eigenvalue weighted by molar-refractivity contribution is 5.95. The first-order valence-electron chi connectivity index (χ1n) is 10.2. The molecule has 0 N–H and O–H groups in total. The van der Waals surface area contributed by atoms with E-state index in [0.29, 0.717) is 5.69 Å². The maximum atomic E-state index is 13.1. The van der Waals surface area contributed by atoms with Crippen molar-refractivity contribution in [3.8, 4) is 5.69 Å². The van der Waals surface area contributed by atoms with E-state index in [1.54, 1.807) is 30.9 Å². The van der Waals surface area contributed by atoms with Crippen molar-refractivity contribution in [2.75, 3.05) is 19.6 Å². The zero-order valence-electron chi connectivity index (χ0n) is 18.0. The first-order valence-corrected chi connectivity index (χ1v) is 10.2. The largest absolute Gasteiger partial charge is 0.416 e. The van der Waals surface area contributed by atoms with Gasteiger partial charge in [-0.05, 0) is 49.4 Å². The maximum Gasteiger partial charge on any atom is 0.416 e. The highest BCUT2D eigenvalue weighted by Gasteiger charge is 2.40. The lowest BCUT2D eigenvalue weighted by molar-refractivity contribution is -0.137. The van der Waals surface area contributed by atoms with Crippen LogP contribution in [0.2, 0.25) is 0 Å². The van der Waals surface area contributed by atoms with Crippen molar-refractivity contribution in [2.45, 2.75) is 25.6 Å². The first-order chi connectivity index (χ1) is 15.6. The fraction of sp³-hybridized carbons (Fsp3) is 0.318. The van der Waals surface area contributed by atoms with Gasteiger partial charge >= 0.3 is 6.18 Å². The SMILES string of the molecule is CC1(C)CN(C(=O)c2cccc(C(F)(F)F)c2)CCN1C(=O)c1nnn(-c2ccccc2)n1. The number of hydrogen-bond acceptors (Lipinski definition) is 5. The molecule has 2 heterocycles. The number of nitrogens with zero attached hydrogens (tertiary/aromatic N) is 6. The first kappa shape index (κ1) is 22.4. The Kier molecular flexibility index (Phi) is 5.64. The van der Waals surface area contributed by atoms with Crippen LogP contribution in [0.3, 0.4) is 0 Å². The predicted molar refractivity (Wildman–Crippen MR) is 112 cm³/mol.